The van der Waals surface area contributed by atoms with E-state index in [0.717, 1.165) is 0 Å². The van der Waals surface area contributed by atoms with Gasteiger partial charge in [0, 0.05) is 61.2 Å². The Morgan fingerprint density at radius 2 is 0.973 bits per heavy atom. The molecule has 3 aliphatic rings. The first-order valence-electron chi connectivity index (χ1n) is 27.9. The Kier molecular flexibility index (Phi) is 10.3. The molecule has 4 heteroatoms. The lowest BCUT2D eigenvalue weighted by Gasteiger charge is -2.51. The second kappa shape index (κ2) is 16.1. The van der Waals surface area contributed by atoms with Crippen LogP contribution < -0.4 is 10.4 Å². The van der Waals surface area contributed by atoms with Crippen LogP contribution in [0.3, 0.4) is 0 Å². The van der Waals surface area contributed by atoms with E-state index in [1.165, 1.54) is 111 Å². The Labute approximate surface area is 446 Å². The lowest BCUT2D eigenvalue weighted by atomic mass is 9.37. The number of hydrogen-bond donors (Lipinski definition) is 0. The van der Waals surface area contributed by atoms with Crippen molar-refractivity contribution in [3.05, 3.63) is 203 Å². The molecule has 2 aliphatic heterocycles. The second-order valence-electron chi connectivity index (χ2n) is 27.5. The van der Waals surface area contributed by atoms with Crippen molar-refractivity contribution in [2.75, 3.05) is 4.90 Å². The number of fused-ring (bicyclic) bond motifs is 11. The fourth-order valence-electron chi connectivity index (χ4n) is 14.7. The summed E-state index contributed by atoms with van der Waals surface area (Å²) in [6.45, 7) is 33.7. The van der Waals surface area contributed by atoms with Crippen LogP contribution in [-0.4, -0.2) is 21.9 Å². The lowest BCUT2D eigenvalue weighted by molar-refractivity contribution is 0.285. The quantitative estimate of drug-likeness (QED) is 0.160. The third kappa shape index (κ3) is 7.06. The molecule has 0 spiro atoms. The number of hydrogen-bond acceptors (Lipinski definition) is 1. The van der Waals surface area contributed by atoms with Gasteiger partial charge in [0.15, 0.2) is 0 Å². The average molecular weight is 980 g/mol. The van der Waals surface area contributed by atoms with Gasteiger partial charge in [0.2, 0.25) is 0 Å². The van der Waals surface area contributed by atoms with Crippen molar-refractivity contribution >= 4 is 67.3 Å². The molecule has 0 saturated heterocycles. The minimum Gasteiger partial charge on any atom is -0.379 e. The minimum atomic E-state index is -0.193. The summed E-state index contributed by atoms with van der Waals surface area (Å²) in [5.74, 6) is 0.580. The van der Waals surface area contributed by atoms with Crippen LogP contribution in [0.5, 0.6) is 0 Å². The molecule has 3 nitrogen and oxygen atoms in total. The third-order valence-corrected chi connectivity index (χ3v) is 18.4. The summed E-state index contributed by atoms with van der Waals surface area (Å²) >= 11 is 0. The van der Waals surface area contributed by atoms with E-state index >= 15 is 0 Å². The van der Waals surface area contributed by atoms with Gasteiger partial charge in [-0.1, -0.05) is 206 Å². The molecule has 0 bridgehead atoms. The average Bonchev–Trinajstić information content (AvgIpc) is 4.22. The van der Waals surface area contributed by atoms with E-state index in [2.05, 4.69) is 281 Å². The molecule has 2 aromatic heterocycles. The highest BCUT2D eigenvalue weighted by Crippen LogP contribution is 2.68. The van der Waals surface area contributed by atoms with Crippen LogP contribution in [0.1, 0.15) is 142 Å². The third-order valence-electron chi connectivity index (χ3n) is 18.4. The summed E-state index contributed by atoms with van der Waals surface area (Å²) in [6, 6.07) is 67.0. The second-order valence-corrected chi connectivity index (χ2v) is 27.5. The molecular formula is C71H74BN3. The smallest absolute Gasteiger partial charge is 0.302 e. The predicted octanol–water partition coefficient (Wildman–Crippen LogP) is 18.3. The first-order valence-corrected chi connectivity index (χ1v) is 27.9. The Morgan fingerprint density at radius 1 is 0.440 bits per heavy atom. The van der Waals surface area contributed by atoms with E-state index in [0.29, 0.717) is 0 Å². The summed E-state index contributed by atoms with van der Waals surface area (Å²) in [5, 5.41) is 5.32. The monoisotopic (exact) mass is 980 g/mol. The molecule has 0 N–H and O–H groups in total. The highest BCUT2D eigenvalue weighted by atomic mass is 15.2. The van der Waals surface area contributed by atoms with Gasteiger partial charge in [0.05, 0.1) is 11.0 Å². The fourth-order valence-corrected chi connectivity index (χ4v) is 14.7. The number of aromatic nitrogens is 2. The zero-order chi connectivity index (χ0) is 52.5. The molecule has 4 heterocycles. The van der Waals surface area contributed by atoms with Crippen molar-refractivity contribution in [3.8, 4) is 16.8 Å². The van der Waals surface area contributed by atoms with Gasteiger partial charge in [0.25, 0.3) is 0 Å². The molecule has 376 valence electrons. The molecule has 8 aromatic carbocycles. The van der Waals surface area contributed by atoms with Crippen LogP contribution in [0.4, 0.5) is 11.4 Å². The summed E-state index contributed by atoms with van der Waals surface area (Å²) in [5.41, 5.74) is 21.2. The summed E-state index contributed by atoms with van der Waals surface area (Å²) < 4.78 is 5.52. The van der Waals surface area contributed by atoms with Crippen LogP contribution in [-0.2, 0) is 21.7 Å². The van der Waals surface area contributed by atoms with Crippen molar-refractivity contribution in [2.24, 2.45) is 5.41 Å². The molecule has 0 amide bonds. The van der Waals surface area contributed by atoms with Crippen LogP contribution in [0.15, 0.2) is 170 Å². The largest absolute Gasteiger partial charge is 0.379 e. The number of anilines is 2. The van der Waals surface area contributed by atoms with Gasteiger partial charge in [-0.25, -0.2) is 0 Å². The van der Waals surface area contributed by atoms with Gasteiger partial charge < -0.3 is 13.9 Å². The van der Waals surface area contributed by atoms with Crippen LogP contribution in [0.2, 0.25) is 5.82 Å². The molecule has 4 atom stereocenters. The Morgan fingerprint density at radius 3 is 1.59 bits per heavy atom. The summed E-state index contributed by atoms with van der Waals surface area (Å²) in [4.78, 5) is 2.88. The predicted molar refractivity (Wildman–Crippen MR) is 323 cm³/mol. The topological polar surface area (TPSA) is 13.1 Å². The highest BCUT2D eigenvalue weighted by molar-refractivity contribution is 6.80. The Balaban J connectivity index is 1.24. The van der Waals surface area contributed by atoms with Crippen molar-refractivity contribution in [1.82, 2.24) is 9.05 Å². The normalized spacial score (nSPS) is 19.4. The molecule has 75 heavy (non-hydrogen) atoms. The van der Waals surface area contributed by atoms with E-state index in [-0.39, 0.29) is 57.6 Å². The summed E-state index contributed by atoms with van der Waals surface area (Å²) in [7, 11) is 0. The van der Waals surface area contributed by atoms with E-state index in [1.807, 2.05) is 0 Å². The zero-order valence-electron chi connectivity index (χ0n) is 46.9. The van der Waals surface area contributed by atoms with Gasteiger partial charge in [-0.3, -0.25) is 0 Å². The maximum Gasteiger partial charge on any atom is 0.302 e. The van der Waals surface area contributed by atoms with Gasteiger partial charge >= 0.3 is 6.85 Å². The maximum atomic E-state index is 2.92. The van der Waals surface area contributed by atoms with Crippen molar-refractivity contribution in [2.45, 2.75) is 142 Å². The molecular weight excluding hydrogens is 906 g/mol. The van der Waals surface area contributed by atoms with E-state index in [1.54, 1.807) is 0 Å². The minimum absolute atomic E-state index is 0.00212. The molecule has 1 fully saturated rings. The molecule has 1 aliphatic carbocycles. The molecule has 1 saturated carbocycles. The van der Waals surface area contributed by atoms with E-state index in [9.17, 15) is 0 Å². The van der Waals surface area contributed by atoms with Crippen LogP contribution in [0, 0.1) is 5.41 Å². The summed E-state index contributed by atoms with van der Waals surface area (Å²) in [6.07, 6.45) is 0. The number of nitrogens with zero attached hydrogens (tertiary/aromatic N) is 3. The maximum absolute atomic E-state index is 2.92. The van der Waals surface area contributed by atoms with Gasteiger partial charge in [-0.05, 0) is 150 Å². The Hall–Kier alpha value is -6.78. The van der Waals surface area contributed by atoms with Gasteiger partial charge in [-0.15, -0.1) is 0 Å². The van der Waals surface area contributed by atoms with E-state index in [4.69, 9.17) is 0 Å². The Bertz CT molecular complexity index is 3900. The molecule has 0 radical (unpaired) electrons. The SMILES string of the molecule is CC(C)(C)c1ccc(N2c3cc(C(C)(C)C)cc4c3B(C3C(c5ccccc5)C(c5ccccc5)C(C)(C)C32)n2c3ccc5c6cc(C(C)(C)C)ccc6n(-c6ccccc6)c5c3c3cc(C(C)(C)C)cc-4c32)cc1. The number of benzene rings is 8. The number of para-hydroxylation sites is 1. The molecule has 13 rings (SSSR count). The van der Waals surface area contributed by atoms with Gasteiger partial charge in [-0.2, -0.15) is 0 Å². The first kappa shape index (κ1) is 47.9. The van der Waals surface area contributed by atoms with Crippen LogP contribution >= 0.6 is 0 Å². The van der Waals surface area contributed by atoms with E-state index < -0.39 is 0 Å². The van der Waals surface area contributed by atoms with Gasteiger partial charge in [0.1, 0.15) is 0 Å². The molecule has 10 aromatic rings. The standard InChI is InChI=1S/C71H74BN3/c1-67(2,3)45-30-33-50(34-31-45)74-58-42-48(70(10,11)12)39-53-54-40-47(69(7,8)9)41-55-60-57(37-35-51-52-38-46(68(4,5)6)32-36-56(52)73(65(51)60)49-28-22-17-23-29-49)75(64(54)55)72(62(53)58)63-59(43-24-18-15-19-25-43)61(71(13,14)66(63)74)44-26-20-16-21-27-44/h15-42,59,61,63,66H,1-14H3. The van der Waals surface area contributed by atoms with Crippen molar-refractivity contribution in [3.63, 3.8) is 0 Å². The van der Waals surface area contributed by atoms with Crippen molar-refractivity contribution < 1.29 is 0 Å². The molecule has 4 unspecified atom stereocenters. The first-order chi connectivity index (χ1) is 35.5. The fraction of sp³-hybridized carbons (Fsp3) is 0.324. The number of rotatable bonds is 4. The zero-order valence-corrected chi connectivity index (χ0v) is 46.9. The van der Waals surface area contributed by atoms with Crippen LogP contribution in [0.25, 0.3) is 60.4 Å². The lowest BCUT2D eigenvalue weighted by Crippen LogP contribution is -2.60. The van der Waals surface area contributed by atoms with Crippen molar-refractivity contribution in [1.29, 1.82) is 0 Å². The highest BCUT2D eigenvalue weighted by Gasteiger charge is 2.65.